The zero-order chi connectivity index (χ0) is 15.1. The molecule has 1 aliphatic heterocycles. The van der Waals surface area contributed by atoms with E-state index >= 15 is 0 Å². The van der Waals surface area contributed by atoms with Crippen LogP contribution in [-0.2, 0) is 16.1 Å². The molecule has 0 N–H and O–H groups in total. The maximum absolute atomic E-state index is 12.0. The lowest BCUT2D eigenvalue weighted by atomic mass is 9.99. The Kier molecular flexibility index (Phi) is 5.85. The van der Waals surface area contributed by atoms with Crippen molar-refractivity contribution in [3.05, 3.63) is 41.5 Å². The Labute approximate surface area is 129 Å². The van der Waals surface area contributed by atoms with Gasteiger partial charge in [0.1, 0.15) is 12.5 Å². The number of carbonyl (C=O) groups excluding carboxylic acids is 2. The molecule has 0 radical (unpaired) electrons. The molecule has 1 aromatic carbocycles. The standard InChI is InChI=1S/C16H18ClNO3/c17-8-4-7-14-9-18(10-15(14)11-19)16(20)21-12-13-5-2-1-3-6-13/h1-3,5-6,14H,4,7-10,12H2. The fourth-order valence-electron chi connectivity index (χ4n) is 2.43. The van der Waals surface area contributed by atoms with Crippen molar-refractivity contribution in [3.8, 4) is 0 Å². The maximum Gasteiger partial charge on any atom is 0.410 e. The SMILES string of the molecule is O=C=C1CN(C(=O)OCc2ccccc2)CC1CCCCl. The van der Waals surface area contributed by atoms with E-state index in [-0.39, 0.29) is 18.6 Å². The lowest BCUT2D eigenvalue weighted by Crippen LogP contribution is -2.29. The highest BCUT2D eigenvalue weighted by molar-refractivity contribution is 6.17. The van der Waals surface area contributed by atoms with Crippen molar-refractivity contribution >= 4 is 23.6 Å². The summed E-state index contributed by atoms with van der Waals surface area (Å²) in [5.41, 5.74) is 1.58. The first-order chi connectivity index (χ1) is 10.2. The van der Waals surface area contributed by atoms with Crippen molar-refractivity contribution in [1.29, 1.82) is 0 Å². The van der Waals surface area contributed by atoms with E-state index in [9.17, 15) is 9.59 Å². The molecule has 1 amide bonds. The molecule has 0 bridgehead atoms. The van der Waals surface area contributed by atoms with Crippen LogP contribution in [0.2, 0.25) is 0 Å². The summed E-state index contributed by atoms with van der Waals surface area (Å²) in [5, 5.41) is 0. The number of nitrogens with zero attached hydrogens (tertiary/aromatic N) is 1. The Morgan fingerprint density at radius 3 is 2.81 bits per heavy atom. The fourth-order valence-corrected chi connectivity index (χ4v) is 2.58. The van der Waals surface area contributed by atoms with E-state index in [1.807, 2.05) is 36.3 Å². The molecule has 0 saturated carbocycles. The minimum absolute atomic E-state index is 0.0607. The first kappa shape index (κ1) is 15.6. The number of alkyl halides is 1. The number of carbonyl (C=O) groups is 1. The quantitative estimate of drug-likeness (QED) is 0.620. The molecule has 0 aromatic heterocycles. The van der Waals surface area contributed by atoms with Crippen LogP contribution in [0, 0.1) is 5.92 Å². The molecule has 1 aromatic rings. The van der Waals surface area contributed by atoms with E-state index in [2.05, 4.69) is 0 Å². The second-order valence-electron chi connectivity index (χ2n) is 5.08. The molecule has 4 nitrogen and oxygen atoms in total. The van der Waals surface area contributed by atoms with Gasteiger partial charge in [-0.1, -0.05) is 30.3 Å². The number of ether oxygens (including phenoxy) is 1. The van der Waals surface area contributed by atoms with Gasteiger partial charge in [0.2, 0.25) is 0 Å². The summed E-state index contributed by atoms with van der Waals surface area (Å²) >= 11 is 5.67. The van der Waals surface area contributed by atoms with E-state index in [0.29, 0.717) is 24.5 Å². The van der Waals surface area contributed by atoms with Crippen molar-refractivity contribution in [3.63, 3.8) is 0 Å². The Morgan fingerprint density at radius 1 is 1.38 bits per heavy atom. The average molecular weight is 308 g/mol. The highest BCUT2D eigenvalue weighted by Gasteiger charge is 2.31. The molecule has 5 heteroatoms. The minimum Gasteiger partial charge on any atom is -0.445 e. The van der Waals surface area contributed by atoms with Crippen LogP contribution in [0.5, 0.6) is 0 Å². The van der Waals surface area contributed by atoms with E-state index in [4.69, 9.17) is 16.3 Å². The molecule has 1 aliphatic rings. The summed E-state index contributed by atoms with van der Waals surface area (Å²) in [5.74, 6) is 2.57. The van der Waals surface area contributed by atoms with Crippen LogP contribution in [0.25, 0.3) is 0 Å². The third kappa shape index (κ3) is 4.35. The molecule has 21 heavy (non-hydrogen) atoms. The van der Waals surface area contributed by atoms with Crippen LogP contribution in [-0.4, -0.2) is 35.9 Å². The van der Waals surface area contributed by atoms with Gasteiger partial charge >= 0.3 is 6.09 Å². The normalized spacial score (nSPS) is 17.7. The summed E-state index contributed by atoms with van der Waals surface area (Å²) in [6.07, 6.45) is 1.24. The molecule has 1 atom stereocenters. The number of rotatable bonds is 5. The van der Waals surface area contributed by atoms with Crippen LogP contribution in [0.3, 0.4) is 0 Å². The van der Waals surface area contributed by atoms with Crippen LogP contribution in [0.15, 0.2) is 35.9 Å². The van der Waals surface area contributed by atoms with Gasteiger partial charge in [-0.05, 0) is 18.4 Å². The van der Waals surface area contributed by atoms with E-state index in [0.717, 1.165) is 18.4 Å². The zero-order valence-corrected chi connectivity index (χ0v) is 12.5. The molecule has 1 fully saturated rings. The largest absolute Gasteiger partial charge is 0.445 e. The molecule has 112 valence electrons. The molecule has 0 spiro atoms. The van der Waals surface area contributed by atoms with Crippen LogP contribution >= 0.6 is 11.6 Å². The number of hydrogen-bond acceptors (Lipinski definition) is 3. The predicted molar refractivity (Wildman–Crippen MR) is 80.9 cm³/mol. The van der Waals surface area contributed by atoms with Gasteiger partial charge in [0.05, 0.1) is 6.54 Å². The monoisotopic (exact) mass is 307 g/mol. The molecule has 1 saturated heterocycles. The molecular weight excluding hydrogens is 290 g/mol. The smallest absolute Gasteiger partial charge is 0.410 e. The topological polar surface area (TPSA) is 46.6 Å². The van der Waals surface area contributed by atoms with Gasteiger partial charge in [0, 0.05) is 23.9 Å². The highest BCUT2D eigenvalue weighted by atomic mass is 35.5. The lowest BCUT2D eigenvalue weighted by Gasteiger charge is -2.15. The number of amides is 1. The van der Waals surface area contributed by atoms with Gasteiger partial charge in [0.15, 0.2) is 0 Å². The molecular formula is C16H18ClNO3. The number of halogens is 1. The first-order valence-corrected chi connectivity index (χ1v) is 7.53. The fraction of sp³-hybridized carbons (Fsp3) is 0.438. The highest BCUT2D eigenvalue weighted by Crippen LogP contribution is 2.25. The molecule has 1 unspecified atom stereocenters. The summed E-state index contributed by atoms with van der Waals surface area (Å²) in [4.78, 5) is 24.5. The number of benzene rings is 1. The van der Waals surface area contributed by atoms with Gasteiger partial charge in [-0.15, -0.1) is 11.6 Å². The summed E-state index contributed by atoms with van der Waals surface area (Å²) < 4.78 is 5.28. The van der Waals surface area contributed by atoms with Gasteiger partial charge < -0.3 is 9.64 Å². The molecule has 0 aliphatic carbocycles. The number of likely N-dealkylation sites (tertiary alicyclic amines) is 1. The van der Waals surface area contributed by atoms with Crippen molar-refractivity contribution in [2.75, 3.05) is 19.0 Å². The zero-order valence-electron chi connectivity index (χ0n) is 11.8. The predicted octanol–water partition coefficient (Wildman–Crippen LogP) is 3.03. The van der Waals surface area contributed by atoms with Crippen LogP contribution < -0.4 is 0 Å². The lowest BCUT2D eigenvalue weighted by molar-refractivity contribution is 0.103. The minimum atomic E-state index is -0.389. The maximum atomic E-state index is 12.0. The molecule has 2 rings (SSSR count). The van der Waals surface area contributed by atoms with Crippen molar-refractivity contribution < 1.29 is 14.3 Å². The number of hydrogen-bond donors (Lipinski definition) is 0. The van der Waals surface area contributed by atoms with Gasteiger partial charge in [-0.3, -0.25) is 0 Å². The Bertz CT molecular complexity index is 526. The van der Waals surface area contributed by atoms with Gasteiger partial charge in [-0.2, -0.15) is 0 Å². The molecule has 1 heterocycles. The van der Waals surface area contributed by atoms with Crippen LogP contribution in [0.1, 0.15) is 18.4 Å². The Morgan fingerprint density at radius 2 is 2.14 bits per heavy atom. The van der Waals surface area contributed by atoms with Crippen molar-refractivity contribution in [2.45, 2.75) is 19.4 Å². The Hall–Kier alpha value is -1.77. The van der Waals surface area contributed by atoms with E-state index in [1.165, 1.54) is 0 Å². The third-order valence-corrected chi connectivity index (χ3v) is 3.84. The second kappa shape index (κ2) is 7.87. The van der Waals surface area contributed by atoms with Gasteiger partial charge in [0.25, 0.3) is 0 Å². The third-order valence-electron chi connectivity index (χ3n) is 3.58. The van der Waals surface area contributed by atoms with Crippen molar-refractivity contribution in [1.82, 2.24) is 4.90 Å². The Balaban J connectivity index is 1.87. The van der Waals surface area contributed by atoms with Crippen molar-refractivity contribution in [2.24, 2.45) is 5.92 Å². The van der Waals surface area contributed by atoms with Crippen LogP contribution in [0.4, 0.5) is 4.79 Å². The summed E-state index contributed by atoms with van der Waals surface area (Å²) in [6.45, 7) is 1.06. The summed E-state index contributed by atoms with van der Waals surface area (Å²) in [7, 11) is 0. The first-order valence-electron chi connectivity index (χ1n) is 7.00. The second-order valence-corrected chi connectivity index (χ2v) is 5.45. The average Bonchev–Trinajstić information content (AvgIpc) is 2.95. The van der Waals surface area contributed by atoms with E-state index in [1.54, 1.807) is 4.90 Å². The van der Waals surface area contributed by atoms with Gasteiger partial charge in [-0.25, -0.2) is 9.59 Å². The van der Waals surface area contributed by atoms with E-state index < -0.39 is 0 Å². The summed E-state index contributed by atoms with van der Waals surface area (Å²) in [6, 6.07) is 9.51.